The van der Waals surface area contributed by atoms with Crippen molar-refractivity contribution in [2.24, 2.45) is 5.92 Å². The molecule has 4 heteroatoms. The van der Waals surface area contributed by atoms with Gasteiger partial charge in [0.25, 0.3) is 0 Å². The summed E-state index contributed by atoms with van der Waals surface area (Å²) in [6.45, 7) is 2.81. The van der Waals surface area contributed by atoms with Crippen LogP contribution in [0.3, 0.4) is 0 Å². The summed E-state index contributed by atoms with van der Waals surface area (Å²) >= 11 is 5.74. The molecule has 1 aliphatic heterocycles. The molecule has 1 fully saturated rings. The van der Waals surface area contributed by atoms with Crippen LogP contribution < -0.4 is 4.90 Å². The van der Waals surface area contributed by atoms with Crippen LogP contribution in [0.1, 0.15) is 18.4 Å². The van der Waals surface area contributed by atoms with Gasteiger partial charge in [-0.3, -0.25) is 0 Å². The number of alkyl halides is 1. The van der Waals surface area contributed by atoms with E-state index in [2.05, 4.69) is 16.9 Å². The highest BCUT2D eigenvalue weighted by Gasteiger charge is 2.16. The average molecular weight is 255 g/mol. The second kappa shape index (κ2) is 6.22. The minimum Gasteiger partial charge on any atom is -0.381 e. The predicted octanol–water partition coefficient (Wildman–Crippen LogP) is 2.68. The van der Waals surface area contributed by atoms with E-state index in [4.69, 9.17) is 16.3 Å². The molecule has 0 N–H and O–H groups in total. The molecule has 1 aromatic heterocycles. The van der Waals surface area contributed by atoms with Crippen LogP contribution in [0.5, 0.6) is 0 Å². The number of hydrogen-bond acceptors (Lipinski definition) is 3. The van der Waals surface area contributed by atoms with Crippen molar-refractivity contribution in [3.8, 4) is 0 Å². The normalized spacial score (nSPS) is 20.2. The number of halogens is 1. The molecule has 1 atom stereocenters. The highest BCUT2D eigenvalue weighted by molar-refractivity contribution is 6.17. The Balaban J connectivity index is 1.91. The van der Waals surface area contributed by atoms with E-state index in [1.165, 1.54) is 12.8 Å². The Morgan fingerprint density at radius 3 is 3.00 bits per heavy atom. The van der Waals surface area contributed by atoms with Gasteiger partial charge in [0.05, 0.1) is 6.61 Å². The zero-order chi connectivity index (χ0) is 12.1. The van der Waals surface area contributed by atoms with Crippen molar-refractivity contribution in [2.75, 3.05) is 31.7 Å². The quantitative estimate of drug-likeness (QED) is 0.773. The maximum Gasteiger partial charge on any atom is 0.128 e. The van der Waals surface area contributed by atoms with E-state index in [9.17, 15) is 0 Å². The molecule has 0 radical (unpaired) electrons. The van der Waals surface area contributed by atoms with Crippen molar-refractivity contribution in [3.63, 3.8) is 0 Å². The summed E-state index contributed by atoms with van der Waals surface area (Å²) in [4.78, 5) is 6.61. The molecule has 0 spiro atoms. The van der Waals surface area contributed by atoms with Crippen LogP contribution >= 0.6 is 11.6 Å². The van der Waals surface area contributed by atoms with Crippen molar-refractivity contribution in [1.82, 2.24) is 4.98 Å². The molecule has 2 rings (SSSR count). The smallest absolute Gasteiger partial charge is 0.128 e. The summed E-state index contributed by atoms with van der Waals surface area (Å²) in [5, 5.41) is 0. The summed E-state index contributed by atoms with van der Waals surface area (Å²) in [5.41, 5.74) is 1.06. The topological polar surface area (TPSA) is 25.4 Å². The molecule has 1 saturated heterocycles. The van der Waals surface area contributed by atoms with Crippen molar-refractivity contribution in [3.05, 3.63) is 23.9 Å². The van der Waals surface area contributed by atoms with Crippen LogP contribution in [0, 0.1) is 5.92 Å². The standard InChI is InChI=1S/C13H19ClN2O/c1-16(9-12-3-2-6-17-10-12)13-5-4-11(7-14)8-15-13/h4-5,8,12H,2-3,6-7,9-10H2,1H3. The van der Waals surface area contributed by atoms with Crippen LogP contribution in [0.4, 0.5) is 5.82 Å². The second-order valence-electron chi connectivity index (χ2n) is 4.62. The third kappa shape index (κ3) is 3.58. The summed E-state index contributed by atoms with van der Waals surface area (Å²) < 4.78 is 5.49. The molecule has 1 aliphatic rings. The number of anilines is 1. The van der Waals surface area contributed by atoms with E-state index in [0.29, 0.717) is 11.8 Å². The number of rotatable bonds is 4. The Kier molecular flexibility index (Phi) is 4.63. The molecular formula is C13H19ClN2O. The first-order valence-electron chi connectivity index (χ1n) is 6.09. The van der Waals surface area contributed by atoms with E-state index in [1.54, 1.807) is 0 Å². The minimum atomic E-state index is 0.521. The Morgan fingerprint density at radius 2 is 2.41 bits per heavy atom. The number of hydrogen-bond donors (Lipinski definition) is 0. The van der Waals surface area contributed by atoms with Gasteiger partial charge in [-0.15, -0.1) is 11.6 Å². The summed E-state index contributed by atoms with van der Waals surface area (Å²) in [5.74, 6) is 2.15. The maximum absolute atomic E-state index is 5.74. The molecule has 2 heterocycles. The predicted molar refractivity (Wildman–Crippen MR) is 70.6 cm³/mol. The SMILES string of the molecule is CN(CC1CCCOC1)c1ccc(CCl)cn1. The van der Waals surface area contributed by atoms with Crippen molar-refractivity contribution >= 4 is 17.4 Å². The molecule has 0 amide bonds. The van der Waals surface area contributed by atoms with E-state index in [1.807, 2.05) is 18.3 Å². The lowest BCUT2D eigenvalue weighted by Crippen LogP contribution is -2.31. The zero-order valence-corrected chi connectivity index (χ0v) is 11.0. The summed E-state index contributed by atoms with van der Waals surface area (Å²) in [7, 11) is 2.08. The number of ether oxygens (including phenoxy) is 1. The first-order valence-corrected chi connectivity index (χ1v) is 6.63. The Labute approximate surface area is 108 Å². The third-order valence-electron chi connectivity index (χ3n) is 3.14. The summed E-state index contributed by atoms with van der Waals surface area (Å²) in [6.07, 6.45) is 4.28. The molecule has 0 aromatic carbocycles. The van der Waals surface area contributed by atoms with E-state index in [0.717, 1.165) is 31.1 Å². The van der Waals surface area contributed by atoms with Gasteiger partial charge in [-0.2, -0.15) is 0 Å². The fraction of sp³-hybridized carbons (Fsp3) is 0.615. The molecule has 0 saturated carbocycles. The highest BCUT2D eigenvalue weighted by Crippen LogP contribution is 2.18. The van der Waals surface area contributed by atoms with Gasteiger partial charge in [0.2, 0.25) is 0 Å². The number of pyridine rings is 1. The Hall–Kier alpha value is -0.800. The van der Waals surface area contributed by atoms with Gasteiger partial charge in [0.1, 0.15) is 5.82 Å². The van der Waals surface area contributed by atoms with Crippen molar-refractivity contribution < 1.29 is 4.74 Å². The lowest BCUT2D eigenvalue weighted by molar-refractivity contribution is 0.0576. The number of nitrogens with zero attached hydrogens (tertiary/aromatic N) is 2. The lowest BCUT2D eigenvalue weighted by atomic mass is 10.0. The van der Waals surface area contributed by atoms with E-state index in [-0.39, 0.29) is 0 Å². The van der Waals surface area contributed by atoms with Crippen LogP contribution in [0.2, 0.25) is 0 Å². The van der Waals surface area contributed by atoms with Gasteiger partial charge in [-0.1, -0.05) is 6.07 Å². The van der Waals surface area contributed by atoms with Crippen LogP contribution in [0.15, 0.2) is 18.3 Å². The first kappa shape index (κ1) is 12.7. The van der Waals surface area contributed by atoms with Crippen molar-refractivity contribution in [1.29, 1.82) is 0 Å². The number of aromatic nitrogens is 1. The van der Waals surface area contributed by atoms with Gasteiger partial charge < -0.3 is 9.64 Å². The van der Waals surface area contributed by atoms with Gasteiger partial charge in [0.15, 0.2) is 0 Å². The molecule has 1 unspecified atom stereocenters. The molecule has 0 bridgehead atoms. The van der Waals surface area contributed by atoms with E-state index < -0.39 is 0 Å². The average Bonchev–Trinajstić information content (AvgIpc) is 2.40. The van der Waals surface area contributed by atoms with Gasteiger partial charge in [-0.05, 0) is 30.4 Å². The maximum atomic E-state index is 5.74. The zero-order valence-electron chi connectivity index (χ0n) is 10.2. The molecule has 3 nitrogen and oxygen atoms in total. The fourth-order valence-electron chi connectivity index (χ4n) is 2.15. The Morgan fingerprint density at radius 1 is 1.53 bits per heavy atom. The van der Waals surface area contributed by atoms with Crippen LogP contribution in [0.25, 0.3) is 0 Å². The van der Waals surface area contributed by atoms with Crippen LogP contribution in [-0.4, -0.2) is 31.8 Å². The van der Waals surface area contributed by atoms with Gasteiger partial charge in [-0.25, -0.2) is 4.98 Å². The molecular weight excluding hydrogens is 236 g/mol. The van der Waals surface area contributed by atoms with Gasteiger partial charge in [0, 0.05) is 32.3 Å². The van der Waals surface area contributed by atoms with E-state index >= 15 is 0 Å². The minimum absolute atomic E-state index is 0.521. The van der Waals surface area contributed by atoms with Crippen molar-refractivity contribution in [2.45, 2.75) is 18.7 Å². The Bertz CT molecular complexity index is 336. The third-order valence-corrected chi connectivity index (χ3v) is 3.45. The highest BCUT2D eigenvalue weighted by atomic mass is 35.5. The molecule has 94 valence electrons. The monoisotopic (exact) mass is 254 g/mol. The molecule has 17 heavy (non-hydrogen) atoms. The lowest BCUT2D eigenvalue weighted by Gasteiger charge is -2.27. The summed E-state index contributed by atoms with van der Waals surface area (Å²) in [6, 6.07) is 4.06. The van der Waals surface area contributed by atoms with Crippen LogP contribution in [-0.2, 0) is 10.6 Å². The fourth-order valence-corrected chi connectivity index (χ4v) is 2.31. The molecule has 1 aromatic rings. The largest absolute Gasteiger partial charge is 0.381 e. The molecule has 0 aliphatic carbocycles. The van der Waals surface area contributed by atoms with Gasteiger partial charge >= 0.3 is 0 Å². The second-order valence-corrected chi connectivity index (χ2v) is 4.89. The first-order chi connectivity index (χ1) is 8.29.